The van der Waals surface area contributed by atoms with Crippen molar-refractivity contribution in [2.24, 2.45) is 46.4 Å². The van der Waals surface area contributed by atoms with E-state index in [1.165, 1.54) is 0 Å². The normalized spacial score (nSPS) is 33.1. The minimum Gasteiger partial charge on any atom is -0.462 e. The number of carbonyl (C=O) groups excluding carboxylic acids is 2. The van der Waals surface area contributed by atoms with E-state index in [1.54, 1.807) is 12.4 Å². The molecule has 2 heterocycles. The van der Waals surface area contributed by atoms with Crippen LogP contribution in [0.25, 0.3) is 0 Å². The van der Waals surface area contributed by atoms with E-state index in [0.717, 1.165) is 44.1 Å². The van der Waals surface area contributed by atoms with Crippen molar-refractivity contribution in [3.63, 3.8) is 0 Å². The quantitative estimate of drug-likeness (QED) is 0.328. The second-order valence-electron chi connectivity index (χ2n) is 13.6. The fourth-order valence-corrected chi connectivity index (χ4v) is 7.45. The molecule has 40 heavy (non-hydrogen) atoms. The van der Waals surface area contributed by atoms with Gasteiger partial charge < -0.3 is 9.47 Å². The number of hydrogen-bond acceptors (Lipinski definition) is 6. The molecule has 0 radical (unpaired) electrons. The van der Waals surface area contributed by atoms with Gasteiger partial charge in [-0.3, -0.25) is 14.8 Å². The van der Waals surface area contributed by atoms with Crippen LogP contribution in [0.5, 0.6) is 0 Å². The summed E-state index contributed by atoms with van der Waals surface area (Å²) in [5.74, 6) is 0.626. The summed E-state index contributed by atoms with van der Waals surface area (Å²) in [7, 11) is 0. The number of ether oxygens (including phenoxy) is 2. The van der Waals surface area contributed by atoms with Crippen molar-refractivity contribution in [1.82, 2.24) is 4.98 Å². The highest BCUT2D eigenvalue weighted by molar-refractivity contribution is 6.07. The number of rotatable bonds is 7. The van der Waals surface area contributed by atoms with Crippen LogP contribution in [0.1, 0.15) is 105 Å². The van der Waals surface area contributed by atoms with Gasteiger partial charge in [-0.25, -0.2) is 4.79 Å². The summed E-state index contributed by atoms with van der Waals surface area (Å²) in [5.41, 5.74) is 2.54. The van der Waals surface area contributed by atoms with Crippen molar-refractivity contribution in [3.05, 3.63) is 41.4 Å². The summed E-state index contributed by atoms with van der Waals surface area (Å²) >= 11 is 0. The Balaban J connectivity index is 1.67. The molecule has 2 fully saturated rings. The van der Waals surface area contributed by atoms with E-state index < -0.39 is 11.8 Å². The zero-order valence-electron chi connectivity index (χ0n) is 25.9. The number of esters is 2. The van der Waals surface area contributed by atoms with E-state index >= 15 is 0 Å². The number of aliphatic imine (C=N–C) groups is 1. The summed E-state index contributed by atoms with van der Waals surface area (Å²) in [5, 5.41) is 0. The molecule has 1 aromatic heterocycles. The maximum atomic E-state index is 14.1. The molecule has 3 aliphatic rings. The highest BCUT2D eigenvalue weighted by atomic mass is 16.5. The molecule has 6 heteroatoms. The Labute approximate surface area is 241 Å². The van der Waals surface area contributed by atoms with Gasteiger partial charge in [0.25, 0.3) is 0 Å². The van der Waals surface area contributed by atoms with E-state index in [-0.39, 0.29) is 24.1 Å². The van der Waals surface area contributed by atoms with Gasteiger partial charge in [0.05, 0.1) is 5.57 Å². The molecular formula is C34H50N2O4. The first-order chi connectivity index (χ1) is 19.0. The minimum atomic E-state index is -0.702. The van der Waals surface area contributed by atoms with Gasteiger partial charge in [-0.1, -0.05) is 60.5 Å². The molecule has 0 N–H and O–H groups in total. The van der Waals surface area contributed by atoms with Crippen LogP contribution < -0.4 is 0 Å². The topological polar surface area (TPSA) is 77.9 Å². The molecule has 4 rings (SSSR count). The summed E-state index contributed by atoms with van der Waals surface area (Å²) in [6, 6.07) is 3.79. The average Bonchev–Trinajstić information content (AvgIpc) is 2.88. The van der Waals surface area contributed by atoms with Gasteiger partial charge in [-0.2, -0.15) is 0 Å². The lowest BCUT2D eigenvalue weighted by atomic mass is 9.74. The van der Waals surface area contributed by atoms with Gasteiger partial charge in [0.1, 0.15) is 18.1 Å². The largest absolute Gasteiger partial charge is 0.462 e. The third kappa shape index (κ3) is 6.69. The second kappa shape index (κ2) is 13.0. The van der Waals surface area contributed by atoms with Gasteiger partial charge in [0.2, 0.25) is 0 Å². The van der Waals surface area contributed by atoms with Crippen molar-refractivity contribution in [2.75, 3.05) is 0 Å². The van der Waals surface area contributed by atoms with Crippen LogP contribution in [0.3, 0.4) is 0 Å². The molecule has 1 aliphatic heterocycles. The minimum absolute atomic E-state index is 0.128. The number of hydrogen-bond donors (Lipinski definition) is 0. The third-order valence-electron chi connectivity index (χ3n) is 9.79. The van der Waals surface area contributed by atoms with Crippen molar-refractivity contribution in [2.45, 2.75) is 112 Å². The van der Waals surface area contributed by atoms with Crippen LogP contribution in [0.15, 0.2) is 40.8 Å². The van der Waals surface area contributed by atoms with Crippen LogP contribution in [-0.4, -0.2) is 34.8 Å². The Hall–Kier alpha value is -2.50. The molecule has 2 aliphatic carbocycles. The van der Waals surface area contributed by atoms with Gasteiger partial charge >= 0.3 is 11.9 Å². The number of allylic oxidation sites excluding steroid dienone is 1. The second-order valence-corrected chi connectivity index (χ2v) is 13.6. The Kier molecular flexibility index (Phi) is 9.89. The SMILES string of the molecule is CC1=NC(C)=C(C(=O)OC2CC(C)CCC2C(C)C)C(c2cccnc2)C1C(=O)OC1CC(C)CCC1C(C)C. The van der Waals surface area contributed by atoms with Gasteiger partial charge in [0.15, 0.2) is 0 Å². The van der Waals surface area contributed by atoms with Gasteiger partial charge in [-0.05, 0) is 86.7 Å². The lowest BCUT2D eigenvalue weighted by Gasteiger charge is -2.39. The van der Waals surface area contributed by atoms with Crippen molar-refractivity contribution in [3.8, 4) is 0 Å². The number of pyridine rings is 1. The van der Waals surface area contributed by atoms with E-state index in [1.807, 2.05) is 26.0 Å². The molecule has 220 valence electrons. The molecule has 6 nitrogen and oxygen atoms in total. The van der Waals surface area contributed by atoms with Crippen LogP contribution in [0.2, 0.25) is 0 Å². The maximum Gasteiger partial charge on any atom is 0.336 e. The Morgan fingerprint density at radius 3 is 1.98 bits per heavy atom. The van der Waals surface area contributed by atoms with E-state index in [4.69, 9.17) is 14.5 Å². The van der Waals surface area contributed by atoms with E-state index in [9.17, 15) is 9.59 Å². The third-order valence-corrected chi connectivity index (χ3v) is 9.79. The average molecular weight is 551 g/mol. The van der Waals surface area contributed by atoms with Crippen LogP contribution in [0, 0.1) is 41.4 Å². The first kappa shape index (κ1) is 30.5. The van der Waals surface area contributed by atoms with E-state index in [0.29, 0.717) is 52.5 Å². The number of carbonyl (C=O) groups is 2. The first-order valence-electron chi connectivity index (χ1n) is 15.5. The lowest BCUT2D eigenvalue weighted by Crippen LogP contribution is -2.42. The molecule has 0 amide bonds. The Morgan fingerprint density at radius 1 is 0.875 bits per heavy atom. The molecule has 0 bridgehead atoms. The monoisotopic (exact) mass is 550 g/mol. The van der Waals surface area contributed by atoms with Crippen LogP contribution in [0.4, 0.5) is 0 Å². The molecule has 0 aromatic carbocycles. The lowest BCUT2D eigenvalue weighted by molar-refractivity contribution is -0.159. The zero-order chi connectivity index (χ0) is 29.1. The molecule has 0 saturated heterocycles. The Morgan fingerprint density at radius 2 is 1.45 bits per heavy atom. The molecule has 1 aromatic rings. The summed E-state index contributed by atoms with van der Waals surface area (Å²) in [4.78, 5) is 37.3. The number of aromatic nitrogens is 1. The summed E-state index contributed by atoms with van der Waals surface area (Å²) in [6.45, 7) is 17.0. The van der Waals surface area contributed by atoms with Crippen LogP contribution >= 0.6 is 0 Å². The van der Waals surface area contributed by atoms with Gasteiger partial charge in [-0.15, -0.1) is 0 Å². The molecule has 8 unspecified atom stereocenters. The molecule has 2 saturated carbocycles. The fraction of sp³-hybridized carbons (Fsp3) is 0.706. The highest BCUT2D eigenvalue weighted by Gasteiger charge is 2.45. The van der Waals surface area contributed by atoms with Crippen molar-refractivity contribution < 1.29 is 19.1 Å². The maximum absolute atomic E-state index is 14.1. The standard InChI is InChI=1S/C34H50N2O4/c1-19(2)26-13-11-21(5)16-28(26)39-33(37)30-23(7)36-24(8)31(32(30)25-10-9-15-35-18-25)34(38)40-29-17-22(6)12-14-27(29)20(3)4/h9-10,15,18-22,26-30,32H,11-14,16-17H2,1-8H3. The smallest absolute Gasteiger partial charge is 0.336 e. The predicted molar refractivity (Wildman–Crippen MR) is 159 cm³/mol. The van der Waals surface area contributed by atoms with Crippen LogP contribution in [-0.2, 0) is 19.1 Å². The summed E-state index contributed by atoms with van der Waals surface area (Å²) < 4.78 is 12.7. The van der Waals surface area contributed by atoms with Gasteiger partial charge in [0, 0.05) is 29.7 Å². The Bertz CT molecular complexity index is 1110. The predicted octanol–water partition coefficient (Wildman–Crippen LogP) is 7.54. The first-order valence-corrected chi connectivity index (χ1v) is 15.5. The number of nitrogens with zero attached hydrogens (tertiary/aromatic N) is 2. The molecular weight excluding hydrogens is 500 g/mol. The highest BCUT2D eigenvalue weighted by Crippen LogP contribution is 2.43. The van der Waals surface area contributed by atoms with E-state index in [2.05, 4.69) is 46.5 Å². The van der Waals surface area contributed by atoms with Crippen molar-refractivity contribution >= 4 is 17.7 Å². The summed E-state index contributed by atoms with van der Waals surface area (Å²) in [6.07, 6.45) is 9.37. The fourth-order valence-electron chi connectivity index (χ4n) is 7.45. The van der Waals surface area contributed by atoms with Crippen molar-refractivity contribution in [1.29, 1.82) is 0 Å². The zero-order valence-corrected chi connectivity index (χ0v) is 25.9. The molecule has 8 atom stereocenters. The molecule has 0 spiro atoms.